The lowest BCUT2D eigenvalue weighted by Crippen LogP contribution is -2.02. The Bertz CT molecular complexity index is 729. The maximum Gasteiger partial charge on any atom is 0.339 e. The summed E-state index contributed by atoms with van der Waals surface area (Å²) in [6.45, 7) is 1.81. The molecule has 7 heteroatoms. The van der Waals surface area contributed by atoms with E-state index in [4.69, 9.17) is 9.84 Å². The second kappa shape index (κ2) is 5.92. The normalized spacial score (nSPS) is 10.2. The van der Waals surface area contributed by atoms with E-state index in [1.54, 1.807) is 6.07 Å². The molecular formula is C14H10BrNO5. The second-order valence-electron chi connectivity index (χ2n) is 4.25. The van der Waals surface area contributed by atoms with E-state index in [1.165, 1.54) is 12.1 Å². The van der Waals surface area contributed by atoms with E-state index in [0.29, 0.717) is 5.75 Å². The van der Waals surface area contributed by atoms with Crippen LogP contribution in [-0.4, -0.2) is 16.0 Å². The Hall–Kier alpha value is -2.41. The third-order valence-corrected chi connectivity index (χ3v) is 3.27. The first-order valence-electron chi connectivity index (χ1n) is 5.84. The number of ether oxygens (including phenoxy) is 1. The van der Waals surface area contributed by atoms with E-state index in [9.17, 15) is 14.9 Å². The molecule has 1 N–H and O–H groups in total. The third-order valence-electron chi connectivity index (χ3n) is 2.77. The van der Waals surface area contributed by atoms with Crippen molar-refractivity contribution < 1.29 is 19.6 Å². The van der Waals surface area contributed by atoms with Crippen LogP contribution in [-0.2, 0) is 0 Å². The molecule has 6 nitrogen and oxygen atoms in total. The molecule has 0 heterocycles. The molecule has 0 saturated heterocycles. The number of nitro benzene ring substituents is 1. The molecule has 0 atom stereocenters. The van der Waals surface area contributed by atoms with Gasteiger partial charge < -0.3 is 9.84 Å². The van der Waals surface area contributed by atoms with Crippen molar-refractivity contribution in [3.05, 3.63) is 62.1 Å². The van der Waals surface area contributed by atoms with Crippen LogP contribution in [0.15, 0.2) is 40.9 Å². The quantitative estimate of drug-likeness (QED) is 0.659. The Morgan fingerprint density at radius 2 is 1.95 bits per heavy atom. The van der Waals surface area contributed by atoms with Crippen LogP contribution in [0.2, 0.25) is 0 Å². The summed E-state index contributed by atoms with van der Waals surface area (Å²) in [5.41, 5.74) is 0.252. The van der Waals surface area contributed by atoms with Crippen molar-refractivity contribution in [3.63, 3.8) is 0 Å². The molecular weight excluding hydrogens is 342 g/mol. The molecule has 0 spiro atoms. The second-order valence-corrected chi connectivity index (χ2v) is 5.17. The number of carbonyl (C=O) groups is 1. The number of aromatic carboxylic acids is 1. The molecule has 0 fully saturated rings. The molecule has 0 aliphatic heterocycles. The molecule has 0 bridgehead atoms. The summed E-state index contributed by atoms with van der Waals surface area (Å²) in [6, 6.07) is 8.80. The molecule has 108 valence electrons. The Labute approximate surface area is 128 Å². The lowest BCUT2D eigenvalue weighted by atomic mass is 10.1. The maximum atomic E-state index is 11.2. The largest absolute Gasteiger partial charge is 0.478 e. The number of nitro groups is 1. The molecule has 2 aromatic carbocycles. The van der Waals surface area contributed by atoms with Gasteiger partial charge in [-0.05, 0) is 30.7 Å². The Kier molecular flexibility index (Phi) is 4.23. The molecule has 21 heavy (non-hydrogen) atoms. The molecule has 2 aromatic rings. The first-order valence-corrected chi connectivity index (χ1v) is 6.63. The van der Waals surface area contributed by atoms with E-state index < -0.39 is 10.9 Å². The summed E-state index contributed by atoms with van der Waals surface area (Å²) in [6.07, 6.45) is 0. The summed E-state index contributed by atoms with van der Waals surface area (Å²) in [4.78, 5) is 21.3. The number of nitrogens with zero attached hydrogens (tertiary/aromatic N) is 1. The van der Waals surface area contributed by atoms with Gasteiger partial charge in [0.1, 0.15) is 17.1 Å². The average Bonchev–Trinajstić information content (AvgIpc) is 2.42. The Morgan fingerprint density at radius 1 is 1.24 bits per heavy atom. The van der Waals surface area contributed by atoms with Crippen molar-refractivity contribution in [3.8, 4) is 11.5 Å². The Balaban J connectivity index is 2.46. The molecule has 0 aliphatic rings. The van der Waals surface area contributed by atoms with Gasteiger partial charge in [-0.15, -0.1) is 0 Å². The predicted molar refractivity (Wildman–Crippen MR) is 79.0 cm³/mol. The highest BCUT2D eigenvalue weighted by molar-refractivity contribution is 9.10. The number of carboxylic acids is 1. The van der Waals surface area contributed by atoms with Crippen molar-refractivity contribution in [2.45, 2.75) is 6.92 Å². The van der Waals surface area contributed by atoms with E-state index in [0.717, 1.165) is 16.1 Å². The highest BCUT2D eigenvalue weighted by atomic mass is 79.9. The van der Waals surface area contributed by atoms with Crippen LogP contribution in [0.5, 0.6) is 11.5 Å². The average molecular weight is 352 g/mol. The van der Waals surface area contributed by atoms with Gasteiger partial charge >= 0.3 is 5.97 Å². The standard InChI is InChI=1S/C14H10BrNO5/c1-8-2-3-9(15)6-13(8)21-12-5-4-10(16(19)20)7-11(12)14(17)18/h2-7H,1H3,(H,17,18). The van der Waals surface area contributed by atoms with Gasteiger partial charge in [0.25, 0.3) is 5.69 Å². The highest BCUT2D eigenvalue weighted by Crippen LogP contribution is 2.32. The van der Waals surface area contributed by atoms with Gasteiger partial charge in [-0.1, -0.05) is 22.0 Å². The van der Waals surface area contributed by atoms with Gasteiger partial charge in [0, 0.05) is 16.6 Å². The SMILES string of the molecule is Cc1ccc(Br)cc1Oc1ccc([N+](=O)[O-])cc1C(=O)O. The summed E-state index contributed by atoms with van der Waals surface area (Å²) in [5, 5.41) is 19.9. The minimum Gasteiger partial charge on any atom is -0.478 e. The van der Waals surface area contributed by atoms with Crippen LogP contribution in [0.1, 0.15) is 15.9 Å². The van der Waals surface area contributed by atoms with Crippen LogP contribution in [0.25, 0.3) is 0 Å². The van der Waals surface area contributed by atoms with Crippen molar-refractivity contribution >= 4 is 27.6 Å². The monoisotopic (exact) mass is 351 g/mol. The van der Waals surface area contributed by atoms with Crippen molar-refractivity contribution in [1.82, 2.24) is 0 Å². The van der Waals surface area contributed by atoms with Gasteiger partial charge in [-0.2, -0.15) is 0 Å². The molecule has 0 aliphatic carbocycles. The number of non-ortho nitro benzene ring substituents is 1. The number of halogens is 1. The molecule has 0 radical (unpaired) electrons. The zero-order valence-electron chi connectivity index (χ0n) is 10.9. The van der Waals surface area contributed by atoms with Gasteiger partial charge in [-0.3, -0.25) is 10.1 Å². The maximum absolute atomic E-state index is 11.2. The molecule has 0 amide bonds. The van der Waals surface area contributed by atoms with E-state index in [-0.39, 0.29) is 17.0 Å². The minimum absolute atomic E-state index is 0.0503. The predicted octanol–water partition coefficient (Wildman–Crippen LogP) is 4.16. The number of hydrogen-bond donors (Lipinski definition) is 1. The zero-order chi connectivity index (χ0) is 15.6. The minimum atomic E-state index is -1.29. The van der Waals surface area contributed by atoms with Crippen LogP contribution >= 0.6 is 15.9 Å². The first-order chi connectivity index (χ1) is 9.88. The highest BCUT2D eigenvalue weighted by Gasteiger charge is 2.18. The zero-order valence-corrected chi connectivity index (χ0v) is 12.5. The number of aryl methyl sites for hydroxylation is 1. The summed E-state index contributed by atoms with van der Waals surface area (Å²) < 4.78 is 6.36. The van der Waals surface area contributed by atoms with E-state index >= 15 is 0 Å². The fourth-order valence-electron chi connectivity index (χ4n) is 1.69. The number of carboxylic acid groups (broad SMARTS) is 1. The number of benzene rings is 2. The van der Waals surface area contributed by atoms with E-state index in [2.05, 4.69) is 15.9 Å². The van der Waals surface area contributed by atoms with Gasteiger partial charge in [0.2, 0.25) is 0 Å². The molecule has 0 unspecified atom stereocenters. The van der Waals surface area contributed by atoms with Gasteiger partial charge in [0.15, 0.2) is 0 Å². The van der Waals surface area contributed by atoms with Gasteiger partial charge in [0.05, 0.1) is 4.92 Å². The van der Waals surface area contributed by atoms with E-state index in [1.807, 2.05) is 19.1 Å². The smallest absolute Gasteiger partial charge is 0.339 e. The fraction of sp³-hybridized carbons (Fsp3) is 0.0714. The molecule has 2 rings (SSSR count). The topological polar surface area (TPSA) is 89.7 Å². The summed E-state index contributed by atoms with van der Waals surface area (Å²) >= 11 is 3.30. The molecule has 0 aromatic heterocycles. The lowest BCUT2D eigenvalue weighted by Gasteiger charge is -2.11. The fourth-order valence-corrected chi connectivity index (χ4v) is 2.03. The summed E-state index contributed by atoms with van der Waals surface area (Å²) in [5.74, 6) is -0.767. The number of rotatable bonds is 4. The first kappa shape index (κ1) is 15.0. The van der Waals surface area contributed by atoms with Gasteiger partial charge in [-0.25, -0.2) is 4.79 Å². The third kappa shape index (κ3) is 3.38. The van der Waals surface area contributed by atoms with Crippen molar-refractivity contribution in [1.29, 1.82) is 0 Å². The van der Waals surface area contributed by atoms with Crippen LogP contribution in [0, 0.1) is 17.0 Å². The molecule has 0 saturated carbocycles. The van der Waals surface area contributed by atoms with Crippen molar-refractivity contribution in [2.75, 3.05) is 0 Å². The Morgan fingerprint density at radius 3 is 2.57 bits per heavy atom. The number of hydrogen-bond acceptors (Lipinski definition) is 4. The van der Waals surface area contributed by atoms with Crippen molar-refractivity contribution in [2.24, 2.45) is 0 Å². The van der Waals surface area contributed by atoms with Crippen LogP contribution < -0.4 is 4.74 Å². The van der Waals surface area contributed by atoms with Crippen LogP contribution in [0.4, 0.5) is 5.69 Å². The lowest BCUT2D eigenvalue weighted by molar-refractivity contribution is -0.384. The summed E-state index contributed by atoms with van der Waals surface area (Å²) in [7, 11) is 0. The van der Waals surface area contributed by atoms with Crippen LogP contribution in [0.3, 0.4) is 0 Å².